The normalized spacial score (nSPS) is 16.7. The predicted octanol–water partition coefficient (Wildman–Crippen LogP) is 1.75. The first kappa shape index (κ1) is 13.4. The summed E-state index contributed by atoms with van der Waals surface area (Å²) in [6.45, 7) is 4.19. The monoisotopic (exact) mass is 284 g/mol. The number of piperazine rings is 1. The fourth-order valence-corrected chi connectivity index (χ4v) is 2.33. The Hall–Kier alpha value is -1.04. The molecule has 0 spiro atoms. The van der Waals surface area contributed by atoms with E-state index in [2.05, 4.69) is 22.2 Å². The molecule has 1 saturated heterocycles. The van der Waals surface area contributed by atoms with Gasteiger partial charge < -0.3 is 20.9 Å². The van der Waals surface area contributed by atoms with Crippen molar-refractivity contribution in [3.05, 3.63) is 23.2 Å². The van der Waals surface area contributed by atoms with Crippen molar-refractivity contribution in [1.82, 2.24) is 4.90 Å². The van der Waals surface area contributed by atoms with E-state index in [4.69, 9.17) is 29.6 Å². The number of nitrogens with two attached hydrogens (primary N) is 1. The maximum atomic E-state index is 6.21. The first-order chi connectivity index (χ1) is 8.56. The summed E-state index contributed by atoms with van der Waals surface area (Å²) in [4.78, 5) is 4.65. The number of anilines is 2. The molecule has 2 rings (SSSR count). The van der Waals surface area contributed by atoms with E-state index in [0.29, 0.717) is 5.02 Å². The van der Waals surface area contributed by atoms with Crippen LogP contribution in [0.5, 0.6) is 0 Å². The molecule has 0 bridgehead atoms. The molecule has 4 nitrogen and oxygen atoms in total. The fraction of sp³-hybridized carbons (Fsp3) is 0.417. The molecule has 6 heteroatoms. The smallest absolute Gasteiger partial charge is 0.168 e. The van der Waals surface area contributed by atoms with Crippen LogP contribution in [0, 0.1) is 0 Å². The molecule has 0 atom stereocenters. The Labute approximate surface area is 118 Å². The Morgan fingerprint density at radius 3 is 2.56 bits per heavy atom. The minimum Gasteiger partial charge on any atom is -0.376 e. The van der Waals surface area contributed by atoms with Gasteiger partial charge in [0, 0.05) is 31.9 Å². The highest BCUT2D eigenvalue weighted by Gasteiger charge is 2.15. The van der Waals surface area contributed by atoms with Gasteiger partial charge in [-0.25, -0.2) is 0 Å². The highest BCUT2D eigenvalue weighted by molar-refractivity contribution is 7.80. The van der Waals surface area contributed by atoms with E-state index in [0.717, 1.165) is 37.6 Å². The number of thiocarbonyl (C=S) groups is 1. The standard InChI is InChI=1S/C12H17ClN4S/c1-16-4-6-17(7-5-16)9-2-3-11(10(13)8-9)15-12(14)18/h2-3,8H,4-7H2,1H3,(H3,14,15,18). The molecule has 0 amide bonds. The average Bonchev–Trinajstić information content (AvgIpc) is 2.32. The quantitative estimate of drug-likeness (QED) is 0.810. The van der Waals surface area contributed by atoms with Gasteiger partial charge in [0.25, 0.3) is 0 Å². The van der Waals surface area contributed by atoms with E-state index in [1.165, 1.54) is 0 Å². The van der Waals surface area contributed by atoms with Gasteiger partial charge in [0.05, 0.1) is 10.7 Å². The molecule has 18 heavy (non-hydrogen) atoms. The Morgan fingerprint density at radius 2 is 2.00 bits per heavy atom. The van der Waals surface area contributed by atoms with Crippen LogP contribution < -0.4 is 16.0 Å². The Morgan fingerprint density at radius 1 is 1.33 bits per heavy atom. The molecule has 0 saturated carbocycles. The van der Waals surface area contributed by atoms with Crippen LogP contribution in [0.3, 0.4) is 0 Å². The van der Waals surface area contributed by atoms with Crippen molar-refractivity contribution in [2.75, 3.05) is 43.4 Å². The summed E-state index contributed by atoms with van der Waals surface area (Å²) in [5.74, 6) is 0. The second kappa shape index (κ2) is 5.73. The Bertz CT molecular complexity index is 444. The van der Waals surface area contributed by atoms with E-state index in [-0.39, 0.29) is 5.11 Å². The van der Waals surface area contributed by atoms with Crippen LogP contribution in [0.15, 0.2) is 18.2 Å². The van der Waals surface area contributed by atoms with Gasteiger partial charge in [-0.3, -0.25) is 0 Å². The number of benzene rings is 1. The average molecular weight is 285 g/mol. The number of likely N-dealkylation sites (N-methyl/N-ethyl adjacent to an activating group) is 1. The highest BCUT2D eigenvalue weighted by Crippen LogP contribution is 2.28. The van der Waals surface area contributed by atoms with E-state index < -0.39 is 0 Å². The van der Waals surface area contributed by atoms with Crippen LogP contribution in [0.25, 0.3) is 0 Å². The third-order valence-corrected chi connectivity index (χ3v) is 3.49. The van der Waals surface area contributed by atoms with Gasteiger partial charge in [0.1, 0.15) is 0 Å². The number of rotatable bonds is 2. The van der Waals surface area contributed by atoms with Gasteiger partial charge in [0.15, 0.2) is 5.11 Å². The van der Waals surface area contributed by atoms with Gasteiger partial charge in [-0.15, -0.1) is 0 Å². The topological polar surface area (TPSA) is 44.5 Å². The lowest BCUT2D eigenvalue weighted by Crippen LogP contribution is -2.44. The number of hydrogen-bond donors (Lipinski definition) is 2. The maximum Gasteiger partial charge on any atom is 0.168 e. The van der Waals surface area contributed by atoms with Crippen LogP contribution in [-0.2, 0) is 0 Å². The molecule has 98 valence electrons. The summed E-state index contributed by atoms with van der Waals surface area (Å²) in [6, 6.07) is 5.90. The van der Waals surface area contributed by atoms with Crippen molar-refractivity contribution in [1.29, 1.82) is 0 Å². The Balaban J connectivity index is 2.11. The summed E-state index contributed by atoms with van der Waals surface area (Å²) in [7, 11) is 2.14. The van der Waals surface area contributed by atoms with E-state index in [1.807, 2.05) is 18.2 Å². The SMILES string of the molecule is CN1CCN(c2ccc(NC(N)=S)c(Cl)c2)CC1. The molecule has 3 N–H and O–H groups in total. The molecule has 0 radical (unpaired) electrons. The van der Waals surface area contributed by atoms with E-state index >= 15 is 0 Å². The van der Waals surface area contributed by atoms with Gasteiger partial charge in [-0.2, -0.15) is 0 Å². The molecule has 0 aromatic heterocycles. The van der Waals surface area contributed by atoms with Gasteiger partial charge in [0.2, 0.25) is 0 Å². The van der Waals surface area contributed by atoms with Crippen LogP contribution in [0.4, 0.5) is 11.4 Å². The summed E-state index contributed by atoms with van der Waals surface area (Å²) < 4.78 is 0. The molecule has 1 aromatic rings. The zero-order valence-electron chi connectivity index (χ0n) is 10.3. The minimum absolute atomic E-state index is 0.226. The lowest BCUT2D eigenvalue weighted by molar-refractivity contribution is 0.313. The Kier molecular flexibility index (Phi) is 4.27. The third kappa shape index (κ3) is 3.25. The molecule has 0 unspecified atom stereocenters. The molecule has 0 aliphatic carbocycles. The van der Waals surface area contributed by atoms with Gasteiger partial charge in [-0.1, -0.05) is 11.6 Å². The minimum atomic E-state index is 0.226. The zero-order valence-corrected chi connectivity index (χ0v) is 11.9. The summed E-state index contributed by atoms with van der Waals surface area (Å²) >= 11 is 11.0. The van der Waals surface area contributed by atoms with Crippen molar-refractivity contribution >= 4 is 40.3 Å². The van der Waals surface area contributed by atoms with Crippen molar-refractivity contribution in [3.63, 3.8) is 0 Å². The zero-order chi connectivity index (χ0) is 13.1. The van der Waals surface area contributed by atoms with Crippen molar-refractivity contribution in [2.45, 2.75) is 0 Å². The van der Waals surface area contributed by atoms with Crippen LogP contribution in [-0.4, -0.2) is 43.2 Å². The molecule has 1 fully saturated rings. The first-order valence-corrected chi connectivity index (χ1v) is 6.64. The van der Waals surface area contributed by atoms with Gasteiger partial charge >= 0.3 is 0 Å². The van der Waals surface area contributed by atoms with E-state index in [1.54, 1.807) is 0 Å². The molecular weight excluding hydrogens is 268 g/mol. The highest BCUT2D eigenvalue weighted by atomic mass is 35.5. The number of hydrogen-bond acceptors (Lipinski definition) is 3. The number of nitrogens with one attached hydrogen (secondary N) is 1. The summed E-state index contributed by atoms with van der Waals surface area (Å²) in [5.41, 5.74) is 7.33. The summed E-state index contributed by atoms with van der Waals surface area (Å²) in [5, 5.41) is 3.73. The van der Waals surface area contributed by atoms with Crippen molar-refractivity contribution < 1.29 is 0 Å². The summed E-state index contributed by atoms with van der Waals surface area (Å²) in [6.07, 6.45) is 0. The van der Waals surface area contributed by atoms with Crippen molar-refractivity contribution in [3.8, 4) is 0 Å². The molecule has 1 heterocycles. The predicted molar refractivity (Wildman–Crippen MR) is 81.6 cm³/mol. The second-order valence-corrected chi connectivity index (χ2v) is 5.29. The molecule has 1 aliphatic heterocycles. The lowest BCUT2D eigenvalue weighted by atomic mass is 10.2. The maximum absolute atomic E-state index is 6.21. The van der Waals surface area contributed by atoms with Crippen LogP contribution >= 0.6 is 23.8 Å². The van der Waals surface area contributed by atoms with E-state index in [9.17, 15) is 0 Å². The number of nitrogens with zero attached hydrogens (tertiary/aromatic N) is 2. The molecule has 1 aliphatic rings. The van der Waals surface area contributed by atoms with Crippen LogP contribution in [0.2, 0.25) is 5.02 Å². The van der Waals surface area contributed by atoms with Crippen molar-refractivity contribution in [2.24, 2.45) is 5.73 Å². The number of halogens is 1. The fourth-order valence-electron chi connectivity index (χ4n) is 2.00. The first-order valence-electron chi connectivity index (χ1n) is 5.86. The van der Waals surface area contributed by atoms with Gasteiger partial charge in [-0.05, 0) is 37.5 Å². The molecule has 1 aromatic carbocycles. The lowest BCUT2D eigenvalue weighted by Gasteiger charge is -2.34. The second-order valence-electron chi connectivity index (χ2n) is 4.44. The molecular formula is C12H17ClN4S. The van der Waals surface area contributed by atoms with Crippen LogP contribution in [0.1, 0.15) is 0 Å². The largest absolute Gasteiger partial charge is 0.376 e. The third-order valence-electron chi connectivity index (χ3n) is 3.08.